The lowest BCUT2D eigenvalue weighted by atomic mass is 9.73. The van der Waals surface area contributed by atoms with Gasteiger partial charge in [-0.25, -0.2) is 0 Å². The van der Waals surface area contributed by atoms with Crippen molar-refractivity contribution >= 4 is 44.1 Å². The first kappa shape index (κ1) is 35.3. The van der Waals surface area contributed by atoms with Crippen LogP contribution in [0.5, 0.6) is 0 Å². The second kappa shape index (κ2) is 12.8. The molecule has 4 heterocycles. The fourth-order valence-electron chi connectivity index (χ4n) is 10.2. The zero-order valence-electron chi connectivity index (χ0n) is 34.6. The maximum Gasteiger partial charge on any atom is 0.0582 e. The molecule has 59 heavy (non-hydrogen) atoms. The Morgan fingerprint density at radius 2 is 0.932 bits per heavy atom. The molecule has 0 spiro atoms. The molecular weight excluding hydrogens is 715 g/mol. The van der Waals surface area contributed by atoms with Gasteiger partial charge in [-0.3, -0.25) is 0 Å². The molecule has 9 aromatic rings. The van der Waals surface area contributed by atoms with Crippen LogP contribution in [0.2, 0.25) is 0 Å². The van der Waals surface area contributed by atoms with E-state index in [1.807, 2.05) is 0 Å². The molecule has 2 aromatic heterocycles. The van der Waals surface area contributed by atoms with Crippen molar-refractivity contribution in [1.82, 2.24) is 9.13 Å². The Balaban J connectivity index is 1.15. The summed E-state index contributed by atoms with van der Waals surface area (Å²) in [6.45, 7) is 11.8. The Hall–Kier alpha value is -6.84. The summed E-state index contributed by atoms with van der Waals surface area (Å²) in [6, 6.07) is 65.4. The van der Waals surface area contributed by atoms with Crippen LogP contribution >= 0.6 is 0 Å². The summed E-state index contributed by atoms with van der Waals surface area (Å²) in [7, 11) is 2.20. The average Bonchev–Trinajstić information content (AvgIpc) is 3.62. The Labute approximate surface area is 346 Å². The van der Waals surface area contributed by atoms with Crippen LogP contribution in [0.4, 0.5) is 11.4 Å². The van der Waals surface area contributed by atoms with E-state index >= 15 is 0 Å². The quantitative estimate of drug-likeness (QED) is 0.174. The van der Waals surface area contributed by atoms with Gasteiger partial charge in [-0.1, -0.05) is 131 Å². The van der Waals surface area contributed by atoms with Crippen LogP contribution in [-0.2, 0) is 10.8 Å². The van der Waals surface area contributed by atoms with Crippen molar-refractivity contribution in [3.63, 3.8) is 0 Å². The third kappa shape index (κ3) is 5.20. The normalized spacial score (nSPS) is 14.2. The Bertz CT molecular complexity index is 3230. The van der Waals surface area contributed by atoms with Gasteiger partial charge in [0.05, 0.1) is 22.2 Å². The summed E-state index contributed by atoms with van der Waals surface area (Å²) < 4.78 is 4.99. The second-order valence-electron chi connectivity index (χ2n) is 17.6. The third-order valence-corrected chi connectivity index (χ3v) is 13.5. The molecule has 0 unspecified atom stereocenters. The fraction of sp³-hybridized carbons (Fsp3) is 0.143. The van der Waals surface area contributed by atoms with Gasteiger partial charge in [0, 0.05) is 51.4 Å². The number of fused-ring (bicyclic) bond motifs is 7. The Morgan fingerprint density at radius 1 is 0.407 bits per heavy atom. The first-order valence-corrected chi connectivity index (χ1v) is 20.8. The van der Waals surface area contributed by atoms with Crippen LogP contribution < -0.4 is 4.90 Å². The van der Waals surface area contributed by atoms with Crippen LogP contribution in [0.25, 0.3) is 66.3 Å². The number of benzene rings is 7. The van der Waals surface area contributed by atoms with E-state index in [0.717, 1.165) is 11.4 Å². The predicted octanol–water partition coefficient (Wildman–Crippen LogP) is 14.5. The summed E-state index contributed by atoms with van der Waals surface area (Å²) >= 11 is 0. The SMILES string of the molecule is Cc1ccc(N(C)c2ccc3c(c2)c2cc(-c4ccccc4)cc4c2n3-c2ccccc2C4(C)C)ccc2cc(-c3ccccc3)cc3c2n1-c1ccccc1C3(C)C. The van der Waals surface area contributed by atoms with E-state index in [4.69, 9.17) is 0 Å². The van der Waals surface area contributed by atoms with Crippen LogP contribution in [0.3, 0.4) is 0 Å². The van der Waals surface area contributed by atoms with Gasteiger partial charge < -0.3 is 14.0 Å². The average molecular weight is 762 g/mol. The molecule has 2 aliphatic rings. The molecule has 11 rings (SSSR count). The first-order chi connectivity index (χ1) is 28.6. The minimum Gasteiger partial charge on any atom is -0.345 e. The molecule has 0 fully saturated rings. The number of aryl methyl sites for hydroxylation is 1. The van der Waals surface area contributed by atoms with Crippen molar-refractivity contribution in [3.8, 4) is 33.6 Å². The van der Waals surface area contributed by atoms with Gasteiger partial charge in [0.25, 0.3) is 0 Å². The maximum absolute atomic E-state index is 2.51. The minimum atomic E-state index is -0.191. The zero-order chi connectivity index (χ0) is 40.2. The van der Waals surface area contributed by atoms with E-state index in [0.29, 0.717) is 0 Å². The lowest BCUT2D eigenvalue weighted by Crippen LogP contribution is -2.27. The van der Waals surface area contributed by atoms with E-state index < -0.39 is 0 Å². The molecule has 3 heteroatoms. The number of hydrogen-bond acceptors (Lipinski definition) is 1. The monoisotopic (exact) mass is 761 g/mol. The first-order valence-electron chi connectivity index (χ1n) is 20.8. The van der Waals surface area contributed by atoms with E-state index in [1.165, 1.54) is 94.3 Å². The number of hydrogen-bond donors (Lipinski definition) is 0. The molecule has 0 aliphatic carbocycles. The van der Waals surface area contributed by atoms with E-state index in [9.17, 15) is 0 Å². The highest BCUT2D eigenvalue weighted by Gasteiger charge is 2.36. The standard InChI is InChI=1S/C56H47N3/c1-36-25-27-42(28-26-39-31-40(37-17-9-7-10-18-37)33-48-53(39)58(36)51-23-15-13-21-46(51)55(48,2)3)57(6)43-29-30-50-44(35-43)45-32-41(38-19-11-8-12-20-38)34-49-54(45)59(50)52-24-16-14-22-47(52)56(49,4)5/h7-35H,1-6H3. The maximum atomic E-state index is 2.51. The lowest BCUT2D eigenvalue weighted by Gasteiger charge is -2.36. The number of para-hydroxylation sites is 2. The van der Waals surface area contributed by atoms with Crippen molar-refractivity contribution in [3.05, 3.63) is 204 Å². The molecule has 2 aliphatic heterocycles. The molecule has 7 aromatic carbocycles. The second-order valence-corrected chi connectivity index (χ2v) is 17.6. The van der Waals surface area contributed by atoms with Crippen molar-refractivity contribution in [2.24, 2.45) is 0 Å². The van der Waals surface area contributed by atoms with E-state index in [1.54, 1.807) is 0 Å². The summed E-state index contributed by atoms with van der Waals surface area (Å²) in [5.74, 6) is 0. The number of aromatic nitrogens is 2. The van der Waals surface area contributed by atoms with Gasteiger partial charge in [0.15, 0.2) is 0 Å². The summed E-state index contributed by atoms with van der Waals surface area (Å²) in [5.41, 5.74) is 19.7. The molecule has 0 saturated carbocycles. The molecule has 0 bridgehead atoms. The predicted molar refractivity (Wildman–Crippen MR) is 250 cm³/mol. The van der Waals surface area contributed by atoms with Crippen LogP contribution in [0.1, 0.15) is 55.6 Å². The number of nitrogens with zero attached hydrogens (tertiary/aromatic N) is 3. The largest absolute Gasteiger partial charge is 0.345 e. The molecular formula is C56H47N3. The third-order valence-electron chi connectivity index (χ3n) is 13.5. The molecule has 0 atom stereocenters. The van der Waals surface area contributed by atoms with Crippen molar-refractivity contribution in [1.29, 1.82) is 0 Å². The lowest BCUT2D eigenvalue weighted by molar-refractivity contribution is 0.626. The molecule has 0 radical (unpaired) electrons. The van der Waals surface area contributed by atoms with Gasteiger partial charge in [-0.2, -0.15) is 0 Å². The minimum absolute atomic E-state index is 0.164. The van der Waals surface area contributed by atoms with Gasteiger partial charge in [0.1, 0.15) is 0 Å². The van der Waals surface area contributed by atoms with Gasteiger partial charge in [0.2, 0.25) is 0 Å². The van der Waals surface area contributed by atoms with Gasteiger partial charge in [-0.05, 0) is 130 Å². The van der Waals surface area contributed by atoms with Crippen molar-refractivity contribution in [2.75, 3.05) is 11.9 Å². The van der Waals surface area contributed by atoms with Crippen LogP contribution in [-0.4, -0.2) is 16.2 Å². The van der Waals surface area contributed by atoms with Gasteiger partial charge in [-0.15, -0.1) is 0 Å². The Morgan fingerprint density at radius 3 is 1.58 bits per heavy atom. The topological polar surface area (TPSA) is 13.1 Å². The van der Waals surface area contributed by atoms with Crippen molar-refractivity contribution < 1.29 is 0 Å². The molecule has 0 N–H and O–H groups in total. The van der Waals surface area contributed by atoms with Crippen LogP contribution in [0, 0.1) is 6.92 Å². The number of anilines is 2. The van der Waals surface area contributed by atoms with E-state index in [2.05, 4.69) is 232 Å². The fourth-order valence-corrected chi connectivity index (χ4v) is 10.2. The molecule has 0 saturated heterocycles. The van der Waals surface area contributed by atoms with Crippen molar-refractivity contribution in [2.45, 2.75) is 45.4 Å². The number of rotatable bonds is 4. The smallest absolute Gasteiger partial charge is 0.0582 e. The molecule has 0 amide bonds. The highest BCUT2D eigenvalue weighted by molar-refractivity contribution is 6.14. The summed E-state index contributed by atoms with van der Waals surface area (Å²) in [6.07, 6.45) is 0. The van der Waals surface area contributed by atoms with E-state index in [-0.39, 0.29) is 10.8 Å². The summed E-state index contributed by atoms with van der Waals surface area (Å²) in [5, 5.41) is 3.75. The zero-order valence-corrected chi connectivity index (χ0v) is 34.6. The molecule has 286 valence electrons. The highest BCUT2D eigenvalue weighted by atomic mass is 15.1. The Kier molecular flexibility index (Phi) is 7.68. The summed E-state index contributed by atoms with van der Waals surface area (Å²) in [4.78, 5) is 2.34. The van der Waals surface area contributed by atoms with Gasteiger partial charge >= 0.3 is 0 Å². The highest BCUT2D eigenvalue weighted by Crippen LogP contribution is 2.50. The van der Waals surface area contributed by atoms with Crippen LogP contribution in [0.15, 0.2) is 176 Å². The molecule has 3 nitrogen and oxygen atoms in total.